The van der Waals surface area contributed by atoms with Gasteiger partial charge in [-0.05, 0) is 37.3 Å². The zero-order valence-corrected chi connectivity index (χ0v) is 24.5. The molecule has 0 radical (unpaired) electrons. The number of aryl methyl sites for hydroxylation is 2. The van der Waals surface area contributed by atoms with E-state index in [9.17, 15) is 0 Å². The van der Waals surface area contributed by atoms with Crippen molar-refractivity contribution in [2.24, 2.45) is 0 Å². The Hall–Kier alpha value is -2.59. The van der Waals surface area contributed by atoms with Crippen molar-refractivity contribution in [3.63, 3.8) is 0 Å². The molecule has 0 amide bonds. The molecule has 2 heteroatoms. The molecule has 6 aromatic rings. The second-order valence-electron chi connectivity index (χ2n) is 8.86. The monoisotopic (exact) mass is 562 g/mol. The molecular formula is C34H33PZr. The van der Waals surface area contributed by atoms with Crippen LogP contribution in [0.25, 0.3) is 21.5 Å². The van der Waals surface area contributed by atoms with E-state index >= 15 is 0 Å². The van der Waals surface area contributed by atoms with Gasteiger partial charge < -0.3 is 0 Å². The second-order valence-corrected chi connectivity index (χ2v) is 11.2. The fraction of sp³-hybridized carbons (Fsp3) is 0.118. The van der Waals surface area contributed by atoms with Crippen LogP contribution >= 0.6 is 7.92 Å². The van der Waals surface area contributed by atoms with Gasteiger partial charge in [0, 0.05) is 0 Å². The van der Waals surface area contributed by atoms with Gasteiger partial charge in [0.1, 0.15) is 0 Å². The molecule has 36 heavy (non-hydrogen) atoms. The summed E-state index contributed by atoms with van der Waals surface area (Å²) in [4.78, 5) is 0. The maximum Gasteiger partial charge on any atom is 2.00 e. The quantitative estimate of drug-likeness (QED) is 0.148. The number of hydrogen-bond donors (Lipinski definition) is 0. The minimum atomic E-state index is 0. The summed E-state index contributed by atoms with van der Waals surface area (Å²) in [5.41, 5.74) is 2.83. The molecule has 0 bridgehead atoms. The first-order valence-electron chi connectivity index (χ1n) is 12.2. The van der Waals surface area contributed by atoms with Gasteiger partial charge in [0.15, 0.2) is 0 Å². The molecule has 0 aromatic heterocycles. The maximum atomic E-state index is 2.31. The van der Waals surface area contributed by atoms with Crippen LogP contribution in [0.4, 0.5) is 0 Å². The Bertz CT molecular complexity index is 1310. The molecule has 0 saturated carbocycles. The van der Waals surface area contributed by atoms with E-state index in [-0.39, 0.29) is 34.1 Å². The average molecular weight is 564 g/mol. The summed E-state index contributed by atoms with van der Waals surface area (Å²) in [7, 11) is 0.0576. The van der Waals surface area contributed by atoms with Crippen LogP contribution in [0.3, 0.4) is 0 Å². The molecule has 6 rings (SSSR count). The van der Waals surface area contributed by atoms with Gasteiger partial charge in [-0.1, -0.05) is 72.8 Å². The van der Waals surface area contributed by atoms with Crippen LogP contribution in [0.5, 0.6) is 0 Å². The molecule has 0 N–H and O–H groups in total. The summed E-state index contributed by atoms with van der Waals surface area (Å²) in [5.74, 6) is 0. The maximum absolute atomic E-state index is 2.31. The summed E-state index contributed by atoms with van der Waals surface area (Å²) in [5, 5.41) is 6.92. The Labute approximate surface area is 236 Å². The van der Waals surface area contributed by atoms with Gasteiger partial charge in [-0.15, -0.1) is 77.9 Å². The van der Waals surface area contributed by atoms with Gasteiger partial charge in [0.05, 0.1) is 0 Å². The van der Waals surface area contributed by atoms with Crippen molar-refractivity contribution < 1.29 is 26.2 Å². The smallest absolute Gasteiger partial charge is 0.168 e. The summed E-state index contributed by atoms with van der Waals surface area (Å²) >= 11 is 0. The van der Waals surface area contributed by atoms with Crippen molar-refractivity contribution >= 4 is 34.8 Å². The van der Waals surface area contributed by atoms with Gasteiger partial charge in [-0.3, -0.25) is 0 Å². The Balaban J connectivity index is 0.000000151. The first-order valence-corrected chi connectivity index (χ1v) is 14.4. The van der Waals surface area contributed by atoms with Crippen molar-refractivity contribution in [2.45, 2.75) is 12.8 Å². The van der Waals surface area contributed by atoms with E-state index in [0.717, 1.165) is 12.8 Å². The molecule has 178 valence electrons. The van der Waals surface area contributed by atoms with Gasteiger partial charge in [-0.25, -0.2) is 0 Å². The Kier molecular flexibility index (Phi) is 11.5. The summed E-state index contributed by atoms with van der Waals surface area (Å²) in [6.07, 6.45) is 2.26. The largest absolute Gasteiger partial charge is 2.00 e. The number of benzene rings is 4. The third-order valence-electron chi connectivity index (χ3n) is 6.05. The third-order valence-corrected chi connectivity index (χ3v) is 7.35. The Morgan fingerprint density at radius 3 is 1.58 bits per heavy atom. The first-order chi connectivity index (χ1) is 17.2. The topological polar surface area (TPSA) is 0 Å². The summed E-state index contributed by atoms with van der Waals surface area (Å²) in [6.45, 7) is 4.59. The minimum absolute atomic E-state index is 0. The van der Waals surface area contributed by atoms with Crippen molar-refractivity contribution in [1.29, 1.82) is 0 Å². The summed E-state index contributed by atoms with van der Waals surface area (Å²) < 4.78 is 0. The predicted octanol–water partition coefficient (Wildman–Crippen LogP) is 8.95. The van der Waals surface area contributed by atoms with Crippen molar-refractivity contribution in [3.05, 3.63) is 151 Å². The number of rotatable bonds is 4. The predicted molar refractivity (Wildman–Crippen MR) is 158 cm³/mol. The molecule has 0 aliphatic rings. The van der Waals surface area contributed by atoms with Crippen LogP contribution in [0.1, 0.15) is 11.1 Å². The van der Waals surface area contributed by atoms with E-state index in [4.69, 9.17) is 0 Å². The van der Waals surface area contributed by atoms with E-state index in [0.29, 0.717) is 0 Å². The second kappa shape index (κ2) is 14.8. The van der Waals surface area contributed by atoms with Gasteiger partial charge in [-0.2, -0.15) is 23.6 Å². The normalized spacial score (nSPS) is 10.2. The van der Waals surface area contributed by atoms with Crippen LogP contribution in [0, 0.1) is 0 Å². The molecule has 0 fully saturated rings. The van der Waals surface area contributed by atoms with Crippen LogP contribution in [0.2, 0.25) is 0 Å². The van der Waals surface area contributed by atoms with E-state index < -0.39 is 0 Å². The number of hydrogen-bond acceptors (Lipinski definition) is 0. The zero-order valence-electron chi connectivity index (χ0n) is 21.1. The fourth-order valence-electron chi connectivity index (χ4n) is 4.04. The van der Waals surface area contributed by atoms with E-state index in [2.05, 4.69) is 153 Å². The molecule has 0 unspecified atom stereocenters. The summed E-state index contributed by atoms with van der Waals surface area (Å²) in [6, 6.07) is 49.1. The average Bonchev–Trinajstić information content (AvgIpc) is 3.57. The molecule has 0 spiro atoms. The van der Waals surface area contributed by atoms with E-state index in [1.54, 1.807) is 0 Å². The van der Waals surface area contributed by atoms with Gasteiger partial charge >= 0.3 is 26.2 Å². The fourth-order valence-corrected chi connectivity index (χ4v) is 4.83. The third kappa shape index (κ3) is 8.52. The standard InChI is InChI=1S/C14H14.C11H12P.C9H7.Zr/c1-3-7-13(8-4-1)11-12-14-9-5-2-6-10-14;1-12(2)11-7-9-5-3-4-6-10(9)8-11;1-2-5-9-7-3-6-8(9)4-1;/h1-10H,11-12H2;3-8H,1-2H3;1-7H;/q;2*-1;+2. The molecule has 6 aromatic carbocycles. The van der Waals surface area contributed by atoms with Crippen LogP contribution in [0.15, 0.2) is 140 Å². The molecule has 0 aliphatic heterocycles. The minimum Gasteiger partial charge on any atom is -0.168 e. The van der Waals surface area contributed by atoms with Gasteiger partial charge in [0.2, 0.25) is 0 Å². The Morgan fingerprint density at radius 2 is 1.06 bits per heavy atom. The van der Waals surface area contributed by atoms with Crippen molar-refractivity contribution in [2.75, 3.05) is 13.3 Å². The molecule has 0 nitrogen and oxygen atoms in total. The molecule has 0 atom stereocenters. The SMILES string of the molecule is CP(C)c1cc2ccccc2[cH-]1.[Zr+2].c1ccc(CCc2ccccc2)cc1.c1ccc2[cH-]ccc2c1. The molecular weight excluding hydrogens is 531 g/mol. The van der Waals surface area contributed by atoms with Crippen LogP contribution < -0.4 is 5.30 Å². The molecule has 0 aliphatic carbocycles. The Morgan fingerprint density at radius 1 is 0.556 bits per heavy atom. The van der Waals surface area contributed by atoms with Gasteiger partial charge in [0.25, 0.3) is 0 Å². The van der Waals surface area contributed by atoms with E-state index in [1.165, 1.54) is 38.0 Å². The number of fused-ring (bicyclic) bond motifs is 2. The molecule has 0 heterocycles. The zero-order chi connectivity index (χ0) is 24.3. The van der Waals surface area contributed by atoms with Crippen LogP contribution in [-0.2, 0) is 39.0 Å². The van der Waals surface area contributed by atoms with Crippen LogP contribution in [-0.4, -0.2) is 13.3 Å². The van der Waals surface area contributed by atoms with E-state index in [1.807, 2.05) is 0 Å². The molecule has 0 saturated heterocycles. The first kappa shape index (κ1) is 28.0. The van der Waals surface area contributed by atoms with Crippen molar-refractivity contribution in [1.82, 2.24) is 0 Å². The van der Waals surface area contributed by atoms with Crippen molar-refractivity contribution in [3.8, 4) is 0 Å².